The fourth-order valence-corrected chi connectivity index (χ4v) is 9.73. The standard InChI is InChI=1S/C28H50O/c1-18(2)8-7-9-19(3)22-12-13-24-21-10-11-23-20(4)26(29)15-17-28(23,6)25(21)14-16-27(22,24)5/h18-26,29H,7-17H2,1-6H3. The highest BCUT2D eigenvalue weighted by Gasteiger charge is 2.61. The molecule has 0 aromatic heterocycles. The fraction of sp³-hybridized carbons (Fsp3) is 1.00. The van der Waals surface area contributed by atoms with Gasteiger partial charge >= 0.3 is 0 Å². The first-order chi connectivity index (χ1) is 13.7. The van der Waals surface area contributed by atoms with Crippen LogP contribution < -0.4 is 0 Å². The molecular weight excluding hydrogens is 352 g/mol. The van der Waals surface area contributed by atoms with Gasteiger partial charge in [-0.3, -0.25) is 0 Å². The molecule has 0 aromatic carbocycles. The molecule has 0 amide bonds. The Bertz CT molecular complexity index is 569. The average molecular weight is 403 g/mol. The molecule has 0 spiro atoms. The number of fused-ring (bicyclic) bond motifs is 5. The monoisotopic (exact) mass is 402 g/mol. The van der Waals surface area contributed by atoms with Gasteiger partial charge in [0.05, 0.1) is 6.10 Å². The molecule has 4 fully saturated rings. The topological polar surface area (TPSA) is 20.2 Å². The Morgan fingerprint density at radius 3 is 2.17 bits per heavy atom. The largest absolute Gasteiger partial charge is 0.393 e. The molecule has 10 unspecified atom stereocenters. The SMILES string of the molecule is CC(C)CCCC(C)C1CCC2C3CCC4C(C)C(O)CCC4(C)C3CCC12C. The summed E-state index contributed by atoms with van der Waals surface area (Å²) in [5.74, 6) is 6.92. The second-order valence-corrected chi connectivity index (χ2v) is 13.1. The Hall–Kier alpha value is -0.0400. The maximum Gasteiger partial charge on any atom is 0.0568 e. The molecule has 0 heterocycles. The zero-order valence-electron chi connectivity index (χ0n) is 20.4. The van der Waals surface area contributed by atoms with Gasteiger partial charge in [0, 0.05) is 0 Å². The number of rotatable bonds is 5. The molecule has 4 aliphatic carbocycles. The molecule has 1 N–H and O–H groups in total. The summed E-state index contributed by atoms with van der Waals surface area (Å²) in [5, 5.41) is 10.5. The van der Waals surface area contributed by atoms with Crippen molar-refractivity contribution >= 4 is 0 Å². The van der Waals surface area contributed by atoms with Gasteiger partial charge in [-0.1, -0.05) is 60.8 Å². The zero-order chi connectivity index (χ0) is 21.0. The molecule has 29 heavy (non-hydrogen) atoms. The summed E-state index contributed by atoms with van der Waals surface area (Å²) in [5.41, 5.74) is 1.12. The Kier molecular flexibility index (Phi) is 6.22. The van der Waals surface area contributed by atoms with Crippen molar-refractivity contribution in [1.29, 1.82) is 0 Å². The first kappa shape index (κ1) is 22.2. The highest BCUT2D eigenvalue weighted by atomic mass is 16.3. The quantitative estimate of drug-likeness (QED) is 0.499. The van der Waals surface area contributed by atoms with E-state index in [1.165, 1.54) is 64.2 Å². The minimum absolute atomic E-state index is 0.0407. The number of hydrogen-bond acceptors (Lipinski definition) is 1. The van der Waals surface area contributed by atoms with E-state index >= 15 is 0 Å². The van der Waals surface area contributed by atoms with E-state index in [9.17, 15) is 5.11 Å². The van der Waals surface area contributed by atoms with Crippen LogP contribution in [-0.2, 0) is 0 Å². The molecule has 0 saturated heterocycles. The predicted octanol–water partition coefficient (Wildman–Crippen LogP) is 7.71. The molecule has 10 atom stereocenters. The smallest absolute Gasteiger partial charge is 0.0568 e. The lowest BCUT2D eigenvalue weighted by atomic mass is 9.43. The van der Waals surface area contributed by atoms with Gasteiger partial charge in [0.1, 0.15) is 0 Å². The van der Waals surface area contributed by atoms with Gasteiger partial charge in [-0.25, -0.2) is 0 Å². The molecule has 1 nitrogen and oxygen atoms in total. The van der Waals surface area contributed by atoms with Crippen molar-refractivity contribution in [2.75, 3.05) is 0 Å². The molecule has 4 saturated carbocycles. The van der Waals surface area contributed by atoms with Crippen LogP contribution >= 0.6 is 0 Å². The minimum atomic E-state index is -0.0407. The summed E-state index contributed by atoms with van der Waals surface area (Å²) in [4.78, 5) is 0. The Balaban J connectivity index is 1.48. The maximum absolute atomic E-state index is 10.5. The van der Waals surface area contributed by atoms with Crippen LogP contribution in [0.2, 0.25) is 0 Å². The van der Waals surface area contributed by atoms with E-state index in [0.29, 0.717) is 16.7 Å². The lowest BCUT2D eigenvalue weighted by molar-refractivity contribution is -0.149. The van der Waals surface area contributed by atoms with Crippen molar-refractivity contribution in [2.24, 2.45) is 58.2 Å². The first-order valence-electron chi connectivity index (χ1n) is 13.4. The molecule has 0 aliphatic heterocycles. The third-order valence-electron chi connectivity index (χ3n) is 11.4. The van der Waals surface area contributed by atoms with Gasteiger partial charge in [-0.05, 0) is 110 Å². The van der Waals surface area contributed by atoms with Gasteiger partial charge in [-0.15, -0.1) is 0 Å². The van der Waals surface area contributed by atoms with Gasteiger partial charge in [0.2, 0.25) is 0 Å². The van der Waals surface area contributed by atoms with Gasteiger partial charge in [0.25, 0.3) is 0 Å². The van der Waals surface area contributed by atoms with Crippen LogP contribution in [0.4, 0.5) is 0 Å². The van der Waals surface area contributed by atoms with Crippen molar-refractivity contribution < 1.29 is 5.11 Å². The summed E-state index contributed by atoms with van der Waals surface area (Å²) in [7, 11) is 0. The van der Waals surface area contributed by atoms with Crippen LogP contribution in [0.5, 0.6) is 0 Å². The minimum Gasteiger partial charge on any atom is -0.393 e. The summed E-state index contributed by atoms with van der Waals surface area (Å²) < 4.78 is 0. The number of aliphatic hydroxyl groups excluding tert-OH is 1. The third-order valence-corrected chi connectivity index (χ3v) is 11.4. The van der Waals surface area contributed by atoms with Gasteiger partial charge in [0.15, 0.2) is 0 Å². The second-order valence-electron chi connectivity index (χ2n) is 13.1. The van der Waals surface area contributed by atoms with Gasteiger partial charge in [-0.2, -0.15) is 0 Å². The van der Waals surface area contributed by atoms with Crippen LogP contribution in [0.15, 0.2) is 0 Å². The predicted molar refractivity (Wildman–Crippen MR) is 124 cm³/mol. The molecule has 1 heteroatoms. The van der Waals surface area contributed by atoms with Gasteiger partial charge < -0.3 is 5.11 Å². The van der Waals surface area contributed by atoms with Crippen molar-refractivity contribution in [2.45, 2.75) is 118 Å². The molecule has 4 aliphatic rings. The van der Waals surface area contributed by atoms with Crippen molar-refractivity contribution in [1.82, 2.24) is 0 Å². The van der Waals surface area contributed by atoms with Crippen LogP contribution in [0.25, 0.3) is 0 Å². The summed E-state index contributed by atoms with van der Waals surface area (Å²) >= 11 is 0. The van der Waals surface area contributed by atoms with Crippen LogP contribution in [0.3, 0.4) is 0 Å². The highest BCUT2D eigenvalue weighted by molar-refractivity contribution is 5.10. The molecule has 0 bridgehead atoms. The van der Waals surface area contributed by atoms with E-state index in [1.54, 1.807) is 0 Å². The molecule has 4 rings (SSSR count). The first-order valence-corrected chi connectivity index (χ1v) is 13.4. The summed E-state index contributed by atoms with van der Waals surface area (Å²) in [6.45, 7) is 15.0. The fourth-order valence-electron chi connectivity index (χ4n) is 9.73. The molecule has 168 valence electrons. The zero-order valence-corrected chi connectivity index (χ0v) is 20.4. The lowest BCUT2D eigenvalue weighted by Gasteiger charge is -2.62. The highest BCUT2D eigenvalue weighted by Crippen LogP contribution is 2.68. The van der Waals surface area contributed by atoms with Crippen molar-refractivity contribution in [3.63, 3.8) is 0 Å². The van der Waals surface area contributed by atoms with Crippen LogP contribution in [0.1, 0.15) is 112 Å². The third kappa shape index (κ3) is 3.64. The Morgan fingerprint density at radius 2 is 1.45 bits per heavy atom. The number of aliphatic hydroxyl groups is 1. The van der Waals surface area contributed by atoms with Crippen LogP contribution in [-0.4, -0.2) is 11.2 Å². The lowest BCUT2D eigenvalue weighted by Crippen LogP contribution is -2.56. The van der Waals surface area contributed by atoms with E-state index in [-0.39, 0.29) is 6.10 Å². The van der Waals surface area contributed by atoms with E-state index in [4.69, 9.17) is 0 Å². The van der Waals surface area contributed by atoms with E-state index in [0.717, 1.165) is 47.8 Å². The molecule has 0 aromatic rings. The normalized spacial score (nSPS) is 50.7. The molecular formula is C28H50O. The maximum atomic E-state index is 10.5. The van der Waals surface area contributed by atoms with E-state index in [1.807, 2.05) is 0 Å². The average Bonchev–Trinajstić information content (AvgIpc) is 3.02. The summed E-state index contributed by atoms with van der Waals surface area (Å²) in [6.07, 6.45) is 15.4. The van der Waals surface area contributed by atoms with E-state index in [2.05, 4.69) is 41.5 Å². The van der Waals surface area contributed by atoms with Crippen molar-refractivity contribution in [3.8, 4) is 0 Å². The molecule has 0 radical (unpaired) electrons. The van der Waals surface area contributed by atoms with E-state index < -0.39 is 0 Å². The summed E-state index contributed by atoms with van der Waals surface area (Å²) in [6, 6.07) is 0. The number of hydrogen-bond donors (Lipinski definition) is 1. The second kappa shape index (κ2) is 8.14. The Morgan fingerprint density at radius 1 is 0.793 bits per heavy atom. The Labute approximate surface area is 181 Å². The van der Waals surface area contributed by atoms with Crippen LogP contribution in [0, 0.1) is 58.2 Å². The van der Waals surface area contributed by atoms with Crippen molar-refractivity contribution in [3.05, 3.63) is 0 Å².